The van der Waals surface area contributed by atoms with Crippen molar-refractivity contribution in [1.82, 2.24) is 24.9 Å². The molecule has 0 aliphatic carbocycles. The molecule has 5 nitrogen and oxygen atoms in total. The van der Waals surface area contributed by atoms with Crippen LogP contribution in [0.15, 0.2) is 212 Å². The Morgan fingerprint density at radius 1 is 0.270 bits per heavy atom. The molecule has 294 valence electrons. The minimum absolute atomic E-state index is 0.615. The van der Waals surface area contributed by atoms with Crippen molar-refractivity contribution in [3.8, 4) is 79.2 Å². The first-order valence-corrected chi connectivity index (χ1v) is 21.8. The molecule has 0 amide bonds. The Kier molecular flexibility index (Phi) is 8.94. The zero-order chi connectivity index (χ0) is 41.7. The Labute approximate surface area is 367 Å². The maximum absolute atomic E-state index is 5.32. The van der Waals surface area contributed by atoms with Crippen molar-refractivity contribution in [2.75, 3.05) is 0 Å². The summed E-state index contributed by atoms with van der Waals surface area (Å²) in [4.78, 5) is 25.5. The van der Waals surface area contributed by atoms with E-state index in [-0.39, 0.29) is 0 Å². The molecule has 63 heavy (non-hydrogen) atoms. The number of thiophene rings is 1. The van der Waals surface area contributed by atoms with Gasteiger partial charge in [-0.25, -0.2) is 24.9 Å². The zero-order valence-electron chi connectivity index (χ0n) is 33.9. The Hall–Kier alpha value is -8.19. The van der Waals surface area contributed by atoms with Crippen LogP contribution < -0.4 is 0 Å². The molecule has 0 aliphatic rings. The van der Waals surface area contributed by atoms with Crippen LogP contribution in [0.3, 0.4) is 0 Å². The van der Waals surface area contributed by atoms with E-state index in [1.54, 1.807) is 0 Å². The van der Waals surface area contributed by atoms with Crippen molar-refractivity contribution in [3.63, 3.8) is 0 Å². The molecule has 0 saturated carbocycles. The molecule has 0 aliphatic heterocycles. The molecule has 12 rings (SSSR count). The third-order valence-corrected chi connectivity index (χ3v) is 12.8. The van der Waals surface area contributed by atoms with E-state index in [4.69, 9.17) is 24.9 Å². The lowest BCUT2D eigenvalue weighted by Gasteiger charge is -2.13. The summed E-state index contributed by atoms with van der Waals surface area (Å²) in [5.74, 6) is 2.56. The Balaban J connectivity index is 0.994. The average molecular weight is 822 g/mol. The number of hydrogen-bond donors (Lipinski definition) is 0. The fourth-order valence-corrected chi connectivity index (χ4v) is 9.87. The molecule has 12 aromatic rings. The normalized spacial score (nSPS) is 11.5. The second-order valence-corrected chi connectivity index (χ2v) is 16.7. The molecule has 0 saturated heterocycles. The first-order chi connectivity index (χ1) is 31.2. The highest BCUT2D eigenvalue weighted by Gasteiger charge is 2.19. The molecular formula is C57H35N5S. The Morgan fingerprint density at radius 3 is 1.38 bits per heavy atom. The van der Waals surface area contributed by atoms with Gasteiger partial charge in [0.1, 0.15) is 0 Å². The van der Waals surface area contributed by atoms with Gasteiger partial charge in [-0.3, -0.25) is 0 Å². The summed E-state index contributed by atoms with van der Waals surface area (Å²) < 4.78 is 2.52. The molecular weight excluding hydrogens is 787 g/mol. The molecule has 3 heterocycles. The molecule has 0 N–H and O–H groups in total. The SMILES string of the molecule is c1ccc(-c2nc(-c3cccc(-c4cccc(-c5nc(-c6ccccc6)nc(-c6ccccc6)n5)c4)c3)cc(-c3cc4sc5ccc6ccccc6c5c4c4ccccc34)n2)cc1. The maximum atomic E-state index is 5.32. The van der Waals surface area contributed by atoms with E-state index in [1.165, 1.54) is 36.3 Å². The van der Waals surface area contributed by atoms with Crippen molar-refractivity contribution in [2.24, 2.45) is 0 Å². The summed E-state index contributed by atoms with van der Waals surface area (Å²) in [6, 6.07) is 73.9. The number of aromatic nitrogens is 5. The van der Waals surface area contributed by atoms with Crippen molar-refractivity contribution >= 4 is 53.1 Å². The fourth-order valence-electron chi connectivity index (χ4n) is 8.70. The Bertz CT molecular complexity index is 3620. The monoisotopic (exact) mass is 821 g/mol. The molecule has 0 unspecified atom stereocenters. The summed E-state index contributed by atoms with van der Waals surface area (Å²) >= 11 is 1.84. The van der Waals surface area contributed by atoms with Crippen LogP contribution in [0.2, 0.25) is 0 Å². The van der Waals surface area contributed by atoms with Crippen LogP contribution in [-0.2, 0) is 0 Å². The summed E-state index contributed by atoms with van der Waals surface area (Å²) in [5, 5.41) is 7.52. The second kappa shape index (κ2) is 15.4. The van der Waals surface area contributed by atoms with Crippen LogP contribution in [0, 0.1) is 0 Å². The smallest absolute Gasteiger partial charge is 0.164 e. The summed E-state index contributed by atoms with van der Waals surface area (Å²) in [6.45, 7) is 0. The van der Waals surface area contributed by atoms with E-state index >= 15 is 0 Å². The van der Waals surface area contributed by atoms with E-state index in [9.17, 15) is 0 Å². The number of benzene rings is 9. The number of hydrogen-bond acceptors (Lipinski definition) is 6. The van der Waals surface area contributed by atoms with Gasteiger partial charge in [0.25, 0.3) is 0 Å². The highest BCUT2D eigenvalue weighted by atomic mass is 32.1. The summed E-state index contributed by atoms with van der Waals surface area (Å²) in [5.41, 5.74) is 9.65. The maximum Gasteiger partial charge on any atom is 0.164 e. The minimum Gasteiger partial charge on any atom is -0.228 e. The third kappa shape index (κ3) is 6.70. The highest BCUT2D eigenvalue weighted by molar-refractivity contribution is 7.26. The number of nitrogens with zero attached hydrogens (tertiary/aromatic N) is 5. The molecule has 9 aromatic carbocycles. The second-order valence-electron chi connectivity index (χ2n) is 15.6. The molecule has 0 bridgehead atoms. The van der Waals surface area contributed by atoms with Gasteiger partial charge >= 0.3 is 0 Å². The van der Waals surface area contributed by atoms with E-state index in [0.717, 1.165) is 61.3 Å². The van der Waals surface area contributed by atoms with Gasteiger partial charge in [-0.05, 0) is 63.0 Å². The van der Waals surface area contributed by atoms with Crippen LogP contribution in [0.4, 0.5) is 0 Å². The number of fused-ring (bicyclic) bond motifs is 7. The van der Waals surface area contributed by atoms with Crippen LogP contribution in [0.25, 0.3) is 121 Å². The standard InChI is InChI=1S/C57H35N5S/c1-4-17-37(18-5-1)54-58-48(35-49(59-54)47-34-51-53(46-29-13-12-28-45(46)47)52-44-27-11-10-16-36(44)30-31-50(52)63-51)42-25-14-23-40(32-42)41-24-15-26-43(33-41)57-61-55(38-19-6-2-7-20-38)60-56(62-57)39-21-8-3-9-22-39/h1-35H. The first kappa shape index (κ1) is 36.6. The van der Waals surface area contributed by atoms with Crippen LogP contribution in [0.1, 0.15) is 0 Å². The van der Waals surface area contributed by atoms with Gasteiger partial charge in [0.2, 0.25) is 0 Å². The van der Waals surface area contributed by atoms with Gasteiger partial charge in [-0.15, -0.1) is 11.3 Å². The van der Waals surface area contributed by atoms with E-state index in [2.05, 4.69) is 133 Å². The van der Waals surface area contributed by atoms with Crippen molar-refractivity contribution in [1.29, 1.82) is 0 Å². The number of rotatable bonds is 7. The predicted molar refractivity (Wildman–Crippen MR) is 261 cm³/mol. The van der Waals surface area contributed by atoms with Crippen LogP contribution in [0.5, 0.6) is 0 Å². The van der Waals surface area contributed by atoms with Gasteiger partial charge in [0.15, 0.2) is 23.3 Å². The highest BCUT2D eigenvalue weighted by Crippen LogP contribution is 2.45. The quantitative estimate of drug-likeness (QED) is 0.160. The van der Waals surface area contributed by atoms with Crippen LogP contribution >= 0.6 is 11.3 Å². The molecule has 6 heteroatoms. The summed E-state index contributed by atoms with van der Waals surface area (Å²) in [7, 11) is 0. The average Bonchev–Trinajstić information content (AvgIpc) is 3.76. The van der Waals surface area contributed by atoms with E-state index in [1.807, 2.05) is 90.2 Å². The lowest BCUT2D eigenvalue weighted by atomic mass is 9.95. The minimum atomic E-state index is 0.615. The topological polar surface area (TPSA) is 64.5 Å². The van der Waals surface area contributed by atoms with Crippen LogP contribution in [-0.4, -0.2) is 24.9 Å². The van der Waals surface area contributed by atoms with Gasteiger partial charge < -0.3 is 0 Å². The summed E-state index contributed by atoms with van der Waals surface area (Å²) in [6.07, 6.45) is 0. The largest absolute Gasteiger partial charge is 0.228 e. The first-order valence-electron chi connectivity index (χ1n) is 21.0. The lowest BCUT2D eigenvalue weighted by molar-refractivity contribution is 1.07. The lowest BCUT2D eigenvalue weighted by Crippen LogP contribution is -2.00. The molecule has 0 atom stereocenters. The van der Waals surface area contributed by atoms with E-state index in [0.29, 0.717) is 23.3 Å². The molecule has 3 aromatic heterocycles. The fraction of sp³-hybridized carbons (Fsp3) is 0. The van der Waals surface area contributed by atoms with Crippen molar-refractivity contribution < 1.29 is 0 Å². The van der Waals surface area contributed by atoms with Gasteiger partial charge in [0.05, 0.1) is 11.4 Å². The van der Waals surface area contributed by atoms with Gasteiger partial charge in [-0.1, -0.05) is 182 Å². The predicted octanol–water partition coefficient (Wildman–Crippen LogP) is 15.0. The Morgan fingerprint density at radius 2 is 0.730 bits per heavy atom. The van der Waals surface area contributed by atoms with Gasteiger partial charge in [0, 0.05) is 53.6 Å². The zero-order valence-corrected chi connectivity index (χ0v) is 34.7. The molecule has 0 fully saturated rings. The van der Waals surface area contributed by atoms with E-state index < -0.39 is 0 Å². The van der Waals surface area contributed by atoms with Gasteiger partial charge in [-0.2, -0.15) is 0 Å². The molecule has 0 radical (unpaired) electrons. The van der Waals surface area contributed by atoms with Crippen molar-refractivity contribution in [3.05, 3.63) is 212 Å². The molecule has 0 spiro atoms. The third-order valence-electron chi connectivity index (χ3n) is 11.7. The van der Waals surface area contributed by atoms with Crippen molar-refractivity contribution in [2.45, 2.75) is 0 Å².